The quantitative estimate of drug-likeness (QED) is 0.806. The van der Waals surface area contributed by atoms with Gasteiger partial charge in [0.1, 0.15) is 11.6 Å². The minimum atomic E-state index is -0.586. The van der Waals surface area contributed by atoms with Gasteiger partial charge in [0.25, 0.3) is 0 Å². The predicted molar refractivity (Wildman–Crippen MR) is 53.8 cm³/mol. The molecule has 88 valence electrons. The molecule has 1 saturated heterocycles. The number of rotatable bonds is 3. The summed E-state index contributed by atoms with van der Waals surface area (Å²) in [4.78, 5) is 0. The summed E-state index contributed by atoms with van der Waals surface area (Å²) >= 11 is 0. The molecule has 1 aliphatic heterocycles. The van der Waals surface area contributed by atoms with Gasteiger partial charge in [-0.3, -0.25) is 0 Å². The van der Waals surface area contributed by atoms with Crippen LogP contribution in [0.3, 0.4) is 0 Å². The lowest BCUT2D eigenvalue weighted by Gasteiger charge is -2.14. The number of nitrogens with one attached hydrogen (secondary N) is 1. The van der Waals surface area contributed by atoms with E-state index < -0.39 is 17.7 Å². The predicted octanol–water partition coefficient (Wildman–Crippen LogP) is 0.814. The fourth-order valence-corrected chi connectivity index (χ4v) is 1.66. The van der Waals surface area contributed by atoms with Crippen molar-refractivity contribution in [3.05, 3.63) is 35.4 Å². The minimum Gasteiger partial charge on any atom is -0.389 e. The molecule has 16 heavy (non-hydrogen) atoms. The van der Waals surface area contributed by atoms with E-state index in [-0.39, 0.29) is 24.8 Å². The highest BCUT2D eigenvalue weighted by Gasteiger charge is 2.25. The number of benzene rings is 1. The van der Waals surface area contributed by atoms with E-state index in [2.05, 4.69) is 5.32 Å². The second-order valence-corrected chi connectivity index (χ2v) is 3.83. The fourth-order valence-electron chi connectivity index (χ4n) is 1.66. The minimum absolute atomic E-state index is 0.175. The maximum absolute atomic E-state index is 13.2. The maximum atomic E-state index is 13.2. The zero-order valence-corrected chi connectivity index (χ0v) is 8.62. The third-order valence-electron chi connectivity index (χ3n) is 2.61. The van der Waals surface area contributed by atoms with E-state index >= 15 is 0 Å². The smallest absolute Gasteiger partial charge is 0.127 e. The third-order valence-corrected chi connectivity index (χ3v) is 2.61. The summed E-state index contributed by atoms with van der Waals surface area (Å²) < 4.78 is 31.1. The number of aliphatic hydroxyl groups excluding tert-OH is 1. The second kappa shape index (κ2) is 4.86. The highest BCUT2D eigenvalue weighted by atomic mass is 19.1. The van der Waals surface area contributed by atoms with Crippen LogP contribution in [-0.2, 0) is 11.3 Å². The van der Waals surface area contributed by atoms with Crippen LogP contribution in [0.1, 0.15) is 5.56 Å². The average molecular weight is 229 g/mol. The molecule has 0 spiro atoms. The van der Waals surface area contributed by atoms with Crippen molar-refractivity contribution in [3.8, 4) is 0 Å². The lowest BCUT2D eigenvalue weighted by molar-refractivity contribution is 0.122. The zero-order chi connectivity index (χ0) is 11.5. The Hall–Kier alpha value is -1.04. The van der Waals surface area contributed by atoms with Crippen LogP contribution in [0, 0.1) is 11.6 Å². The SMILES string of the molecule is OC1COCC1NCc1cc(F)ccc1F. The molecule has 3 nitrogen and oxygen atoms in total. The normalized spacial score (nSPS) is 24.9. The Morgan fingerprint density at radius 1 is 1.38 bits per heavy atom. The topological polar surface area (TPSA) is 41.5 Å². The summed E-state index contributed by atoms with van der Waals surface area (Å²) in [6.07, 6.45) is -0.586. The molecule has 1 fully saturated rings. The van der Waals surface area contributed by atoms with Crippen molar-refractivity contribution in [1.29, 1.82) is 0 Å². The summed E-state index contributed by atoms with van der Waals surface area (Å²) in [6, 6.07) is 3.09. The molecule has 1 aromatic carbocycles. The lowest BCUT2D eigenvalue weighted by atomic mass is 10.1. The highest BCUT2D eigenvalue weighted by Crippen LogP contribution is 2.11. The first-order chi connectivity index (χ1) is 7.66. The van der Waals surface area contributed by atoms with Crippen LogP contribution in [0.25, 0.3) is 0 Å². The first kappa shape index (κ1) is 11.4. The molecule has 0 radical (unpaired) electrons. The van der Waals surface area contributed by atoms with Crippen molar-refractivity contribution >= 4 is 0 Å². The second-order valence-electron chi connectivity index (χ2n) is 3.83. The van der Waals surface area contributed by atoms with E-state index in [9.17, 15) is 13.9 Å². The number of hydrogen-bond donors (Lipinski definition) is 2. The first-order valence-electron chi connectivity index (χ1n) is 5.10. The summed E-state index contributed by atoms with van der Waals surface area (Å²) in [6.45, 7) is 0.843. The standard InChI is InChI=1S/C11H13F2NO2/c12-8-1-2-9(13)7(3-8)4-14-10-5-16-6-11(10)15/h1-3,10-11,14-15H,4-6H2. The Morgan fingerprint density at radius 3 is 2.88 bits per heavy atom. The van der Waals surface area contributed by atoms with Crippen molar-refractivity contribution in [3.63, 3.8) is 0 Å². The van der Waals surface area contributed by atoms with Crippen LogP contribution in [-0.4, -0.2) is 30.5 Å². The van der Waals surface area contributed by atoms with Gasteiger partial charge in [-0.25, -0.2) is 8.78 Å². The Labute approximate surface area is 92.0 Å². The van der Waals surface area contributed by atoms with Crippen molar-refractivity contribution in [2.75, 3.05) is 13.2 Å². The van der Waals surface area contributed by atoms with Crippen LogP contribution in [0.15, 0.2) is 18.2 Å². The van der Waals surface area contributed by atoms with E-state index in [0.717, 1.165) is 18.2 Å². The molecule has 0 aliphatic carbocycles. The van der Waals surface area contributed by atoms with E-state index in [4.69, 9.17) is 4.74 Å². The molecule has 2 rings (SSSR count). The van der Waals surface area contributed by atoms with E-state index in [0.29, 0.717) is 6.61 Å². The van der Waals surface area contributed by atoms with Gasteiger partial charge in [-0.1, -0.05) is 0 Å². The van der Waals surface area contributed by atoms with Gasteiger partial charge in [0.15, 0.2) is 0 Å². The number of hydrogen-bond acceptors (Lipinski definition) is 3. The maximum Gasteiger partial charge on any atom is 0.127 e. The molecule has 1 aromatic rings. The summed E-state index contributed by atoms with van der Waals surface area (Å²) in [5, 5.41) is 12.4. The van der Waals surface area contributed by atoms with Gasteiger partial charge in [-0.05, 0) is 18.2 Å². The van der Waals surface area contributed by atoms with Crippen LogP contribution in [0.5, 0.6) is 0 Å². The average Bonchev–Trinajstić information content (AvgIpc) is 2.66. The molecule has 2 atom stereocenters. The van der Waals surface area contributed by atoms with Gasteiger partial charge in [0.05, 0.1) is 25.4 Å². The van der Waals surface area contributed by atoms with Gasteiger partial charge in [-0.15, -0.1) is 0 Å². The van der Waals surface area contributed by atoms with Crippen molar-refractivity contribution in [2.24, 2.45) is 0 Å². The highest BCUT2D eigenvalue weighted by molar-refractivity contribution is 5.18. The van der Waals surface area contributed by atoms with E-state index in [1.54, 1.807) is 0 Å². The molecule has 0 bridgehead atoms. The molecule has 1 aliphatic rings. The van der Waals surface area contributed by atoms with Crippen LogP contribution in [0.4, 0.5) is 8.78 Å². The molecule has 0 amide bonds. The van der Waals surface area contributed by atoms with Gasteiger partial charge < -0.3 is 15.2 Å². The zero-order valence-electron chi connectivity index (χ0n) is 8.62. The third kappa shape index (κ3) is 2.55. The Balaban J connectivity index is 1.96. The van der Waals surface area contributed by atoms with E-state index in [1.807, 2.05) is 0 Å². The van der Waals surface area contributed by atoms with Crippen LogP contribution >= 0.6 is 0 Å². The lowest BCUT2D eigenvalue weighted by Crippen LogP contribution is -2.38. The van der Waals surface area contributed by atoms with E-state index in [1.165, 1.54) is 0 Å². The summed E-state index contributed by atoms with van der Waals surface area (Å²) in [5.41, 5.74) is 0.249. The van der Waals surface area contributed by atoms with Crippen molar-refractivity contribution in [1.82, 2.24) is 5.32 Å². The molecular weight excluding hydrogens is 216 g/mol. The number of ether oxygens (including phenoxy) is 1. The van der Waals surface area contributed by atoms with Gasteiger partial charge in [0, 0.05) is 12.1 Å². The summed E-state index contributed by atoms with van der Waals surface area (Å²) in [5.74, 6) is -0.927. The molecule has 2 N–H and O–H groups in total. The molecule has 5 heteroatoms. The molecule has 2 unspecified atom stereocenters. The fraction of sp³-hybridized carbons (Fsp3) is 0.455. The Morgan fingerprint density at radius 2 is 2.19 bits per heavy atom. The van der Waals surface area contributed by atoms with Crippen LogP contribution < -0.4 is 5.32 Å². The monoisotopic (exact) mass is 229 g/mol. The van der Waals surface area contributed by atoms with Crippen molar-refractivity contribution < 1.29 is 18.6 Å². The Kier molecular flexibility index (Phi) is 3.48. The largest absolute Gasteiger partial charge is 0.389 e. The Bertz CT molecular complexity index is 373. The molecule has 0 aromatic heterocycles. The molecule has 0 saturated carbocycles. The number of aliphatic hydroxyl groups is 1. The van der Waals surface area contributed by atoms with Gasteiger partial charge in [-0.2, -0.15) is 0 Å². The summed E-state index contributed by atoms with van der Waals surface area (Å²) in [7, 11) is 0. The molecular formula is C11H13F2NO2. The van der Waals surface area contributed by atoms with Gasteiger partial charge >= 0.3 is 0 Å². The van der Waals surface area contributed by atoms with Crippen molar-refractivity contribution in [2.45, 2.75) is 18.7 Å². The molecule has 1 heterocycles. The van der Waals surface area contributed by atoms with Gasteiger partial charge in [0.2, 0.25) is 0 Å². The number of halogens is 2. The first-order valence-corrected chi connectivity index (χ1v) is 5.10. The van der Waals surface area contributed by atoms with Crippen LogP contribution in [0.2, 0.25) is 0 Å².